The smallest absolute Gasteiger partial charge is 0.550 e. The molecular weight excluding hydrogens is 294 g/mol. The molecule has 0 bridgehead atoms. The number of carbonyl (C=O) groups is 1. The van der Waals surface area contributed by atoms with Crippen molar-refractivity contribution in [2.45, 2.75) is 6.42 Å². The topological polar surface area (TPSA) is 40.1 Å². The van der Waals surface area contributed by atoms with Crippen molar-refractivity contribution in [3.05, 3.63) is 33.4 Å². The SMILES string of the molecule is O=C([O-])Cc1ccccc1I.[K+]. The molecule has 0 N–H and O–H groups in total. The Labute approximate surface area is 127 Å². The summed E-state index contributed by atoms with van der Waals surface area (Å²) in [6.45, 7) is 0. The van der Waals surface area contributed by atoms with Crippen molar-refractivity contribution in [1.82, 2.24) is 0 Å². The Morgan fingerprint density at radius 2 is 2.00 bits per heavy atom. The molecule has 0 aliphatic rings. The Kier molecular flexibility index (Phi) is 7.07. The van der Waals surface area contributed by atoms with E-state index in [1.54, 1.807) is 6.07 Å². The van der Waals surface area contributed by atoms with Gasteiger partial charge in [0, 0.05) is 16.0 Å². The van der Waals surface area contributed by atoms with Crippen LogP contribution in [0.3, 0.4) is 0 Å². The largest absolute Gasteiger partial charge is 1.00 e. The van der Waals surface area contributed by atoms with Gasteiger partial charge in [-0.15, -0.1) is 0 Å². The molecule has 4 heteroatoms. The first-order valence-corrected chi connectivity index (χ1v) is 4.21. The summed E-state index contributed by atoms with van der Waals surface area (Å²) in [4.78, 5) is 10.2. The number of hydrogen-bond acceptors (Lipinski definition) is 2. The van der Waals surface area contributed by atoms with Gasteiger partial charge in [-0.3, -0.25) is 0 Å². The van der Waals surface area contributed by atoms with Gasteiger partial charge in [0.15, 0.2) is 0 Å². The van der Waals surface area contributed by atoms with E-state index in [1.807, 2.05) is 18.2 Å². The van der Waals surface area contributed by atoms with Crippen LogP contribution in [-0.2, 0) is 11.2 Å². The normalized spacial score (nSPS) is 8.75. The fourth-order valence-corrected chi connectivity index (χ4v) is 1.38. The molecule has 0 aromatic heterocycles. The van der Waals surface area contributed by atoms with Crippen LogP contribution in [-0.4, -0.2) is 5.97 Å². The van der Waals surface area contributed by atoms with E-state index >= 15 is 0 Å². The van der Waals surface area contributed by atoms with Gasteiger partial charge in [0.05, 0.1) is 0 Å². The molecule has 12 heavy (non-hydrogen) atoms. The predicted octanol–water partition coefficient (Wildman–Crippen LogP) is -2.41. The van der Waals surface area contributed by atoms with Gasteiger partial charge in [0.2, 0.25) is 0 Å². The summed E-state index contributed by atoms with van der Waals surface area (Å²) < 4.78 is 0.967. The van der Waals surface area contributed by atoms with Gasteiger partial charge in [-0.2, -0.15) is 0 Å². The summed E-state index contributed by atoms with van der Waals surface area (Å²) in [5.41, 5.74) is 0.813. The van der Waals surface area contributed by atoms with Gasteiger partial charge in [-0.05, 0) is 34.2 Å². The molecule has 58 valence electrons. The van der Waals surface area contributed by atoms with Gasteiger partial charge in [0.1, 0.15) is 0 Å². The number of rotatable bonds is 2. The molecule has 0 radical (unpaired) electrons. The minimum atomic E-state index is -1.03. The van der Waals surface area contributed by atoms with Crippen LogP contribution in [0.15, 0.2) is 24.3 Å². The summed E-state index contributed by atoms with van der Waals surface area (Å²) in [6.07, 6.45) is -0.000880. The van der Waals surface area contributed by atoms with E-state index in [0.717, 1.165) is 9.13 Å². The Hall–Kier alpha value is 1.06. The molecule has 0 saturated heterocycles. The number of aliphatic carboxylic acids is 1. The van der Waals surface area contributed by atoms with E-state index in [1.165, 1.54) is 0 Å². The maximum Gasteiger partial charge on any atom is 1.00 e. The van der Waals surface area contributed by atoms with Gasteiger partial charge in [-0.25, -0.2) is 0 Å². The van der Waals surface area contributed by atoms with Gasteiger partial charge in [-0.1, -0.05) is 18.2 Å². The van der Waals surface area contributed by atoms with Crippen LogP contribution in [0.4, 0.5) is 0 Å². The van der Waals surface area contributed by atoms with Crippen molar-refractivity contribution in [2.75, 3.05) is 0 Å². The van der Waals surface area contributed by atoms with Crippen molar-refractivity contribution in [3.63, 3.8) is 0 Å². The molecule has 0 saturated carbocycles. The molecule has 0 spiro atoms. The summed E-state index contributed by atoms with van der Waals surface area (Å²) in [5.74, 6) is -1.03. The molecule has 0 atom stereocenters. The number of hydrogen-bond donors (Lipinski definition) is 0. The van der Waals surface area contributed by atoms with Crippen LogP contribution < -0.4 is 56.5 Å². The molecule has 1 aromatic carbocycles. The van der Waals surface area contributed by atoms with E-state index in [4.69, 9.17) is 0 Å². The van der Waals surface area contributed by atoms with Crippen LogP contribution in [0, 0.1) is 3.57 Å². The average Bonchev–Trinajstić information content (AvgIpc) is 1.93. The van der Waals surface area contributed by atoms with E-state index in [2.05, 4.69) is 22.6 Å². The summed E-state index contributed by atoms with van der Waals surface area (Å²) >= 11 is 2.10. The summed E-state index contributed by atoms with van der Waals surface area (Å²) in [5, 5.41) is 10.2. The zero-order valence-electron chi connectivity index (χ0n) is 6.71. The Morgan fingerprint density at radius 1 is 1.42 bits per heavy atom. The molecule has 0 heterocycles. The van der Waals surface area contributed by atoms with Crippen LogP contribution in [0.2, 0.25) is 0 Å². The van der Waals surface area contributed by atoms with E-state index in [0.29, 0.717) is 0 Å². The van der Waals surface area contributed by atoms with Gasteiger partial charge >= 0.3 is 51.4 Å². The Morgan fingerprint density at radius 3 is 2.50 bits per heavy atom. The number of benzene rings is 1. The molecule has 0 aliphatic carbocycles. The first-order valence-electron chi connectivity index (χ1n) is 3.13. The minimum absolute atomic E-state index is 0. The summed E-state index contributed by atoms with van der Waals surface area (Å²) in [7, 11) is 0. The zero-order valence-corrected chi connectivity index (χ0v) is 12.0. The third-order valence-corrected chi connectivity index (χ3v) is 2.35. The summed E-state index contributed by atoms with van der Waals surface area (Å²) in [6, 6.07) is 7.36. The van der Waals surface area contributed by atoms with E-state index < -0.39 is 5.97 Å². The second-order valence-electron chi connectivity index (χ2n) is 2.14. The molecule has 1 rings (SSSR count). The van der Waals surface area contributed by atoms with Crippen LogP contribution in [0.25, 0.3) is 0 Å². The van der Waals surface area contributed by atoms with E-state index in [-0.39, 0.29) is 57.8 Å². The Balaban J connectivity index is 0.00000121. The number of carbonyl (C=O) groups excluding carboxylic acids is 1. The first-order chi connectivity index (χ1) is 5.20. The molecule has 0 fully saturated rings. The van der Waals surface area contributed by atoms with Crippen molar-refractivity contribution in [2.24, 2.45) is 0 Å². The Bertz CT molecular complexity index is 276. The second kappa shape index (κ2) is 6.50. The first kappa shape index (κ1) is 13.1. The maximum atomic E-state index is 10.2. The standard InChI is InChI=1S/C8H7IO2.K/c9-7-4-2-1-3-6(7)5-8(10)11;/h1-4H,5H2,(H,10,11);/q;+1/p-1. The minimum Gasteiger partial charge on any atom is -0.550 e. The quantitative estimate of drug-likeness (QED) is 0.451. The van der Waals surface area contributed by atoms with Crippen molar-refractivity contribution in [3.8, 4) is 0 Å². The second-order valence-corrected chi connectivity index (χ2v) is 3.30. The van der Waals surface area contributed by atoms with Gasteiger partial charge in [0.25, 0.3) is 0 Å². The van der Waals surface area contributed by atoms with Crippen molar-refractivity contribution < 1.29 is 61.3 Å². The van der Waals surface area contributed by atoms with Crippen molar-refractivity contribution in [1.29, 1.82) is 0 Å². The van der Waals surface area contributed by atoms with Crippen LogP contribution >= 0.6 is 22.6 Å². The predicted molar refractivity (Wildman–Crippen MR) is 47.9 cm³/mol. The molecule has 2 nitrogen and oxygen atoms in total. The maximum absolute atomic E-state index is 10.2. The molecule has 0 amide bonds. The zero-order chi connectivity index (χ0) is 8.27. The molecule has 0 unspecified atom stereocenters. The third-order valence-electron chi connectivity index (χ3n) is 1.29. The number of carboxylic acid groups (broad SMARTS) is 1. The van der Waals surface area contributed by atoms with Crippen molar-refractivity contribution >= 4 is 28.6 Å². The van der Waals surface area contributed by atoms with Crippen LogP contribution in [0.1, 0.15) is 5.56 Å². The van der Waals surface area contributed by atoms with Crippen LogP contribution in [0.5, 0.6) is 0 Å². The molecule has 1 aromatic rings. The third kappa shape index (κ3) is 4.34. The number of halogens is 1. The fraction of sp³-hybridized carbons (Fsp3) is 0.125. The monoisotopic (exact) mass is 300 g/mol. The van der Waals surface area contributed by atoms with E-state index in [9.17, 15) is 9.90 Å². The van der Waals surface area contributed by atoms with Gasteiger partial charge < -0.3 is 9.90 Å². The number of carboxylic acids is 1. The molecular formula is C8H6IKO2. The fourth-order valence-electron chi connectivity index (χ4n) is 0.797. The molecule has 0 aliphatic heterocycles. The average molecular weight is 300 g/mol.